The lowest BCUT2D eigenvalue weighted by Gasteiger charge is -2.05. The average Bonchev–Trinajstić information content (AvgIpc) is 2.18. The van der Waals surface area contributed by atoms with E-state index in [4.69, 9.17) is 10.3 Å². The minimum atomic E-state index is -0.436. The van der Waals surface area contributed by atoms with Crippen LogP contribution in [0.3, 0.4) is 0 Å². The zero-order chi connectivity index (χ0) is 10.4. The maximum Gasteiger partial charge on any atom is 0.165 e. The number of nitrogens with zero attached hydrogens (tertiary/aromatic N) is 3. The molecule has 14 heavy (non-hydrogen) atoms. The third-order valence-electron chi connectivity index (χ3n) is 1.41. The molecular formula is C8H7BrFN3O. The summed E-state index contributed by atoms with van der Waals surface area (Å²) in [6, 6.07) is 4.40. The lowest BCUT2D eigenvalue weighted by Crippen LogP contribution is -2.01. The van der Waals surface area contributed by atoms with E-state index >= 15 is 0 Å². The molecule has 0 heterocycles. The number of benzene rings is 1. The molecule has 0 spiro atoms. The van der Waals surface area contributed by atoms with Crippen LogP contribution in [0.25, 0.3) is 10.4 Å². The number of ether oxygens (including phenoxy) is 1. The van der Waals surface area contributed by atoms with Crippen LogP contribution in [0, 0.1) is 5.82 Å². The Kier molecular flexibility index (Phi) is 4.22. The third kappa shape index (κ3) is 3.24. The van der Waals surface area contributed by atoms with Gasteiger partial charge in [-0.3, -0.25) is 0 Å². The molecule has 0 saturated heterocycles. The molecule has 0 fully saturated rings. The van der Waals surface area contributed by atoms with Gasteiger partial charge >= 0.3 is 0 Å². The van der Waals surface area contributed by atoms with E-state index in [2.05, 4.69) is 26.0 Å². The van der Waals surface area contributed by atoms with Crippen molar-refractivity contribution in [1.29, 1.82) is 0 Å². The lowest BCUT2D eigenvalue weighted by atomic mass is 10.3. The number of halogens is 2. The van der Waals surface area contributed by atoms with Crippen LogP contribution >= 0.6 is 15.9 Å². The maximum absolute atomic E-state index is 13.0. The second-order valence-electron chi connectivity index (χ2n) is 2.38. The molecule has 0 bridgehead atoms. The van der Waals surface area contributed by atoms with Gasteiger partial charge < -0.3 is 4.74 Å². The van der Waals surface area contributed by atoms with Crippen LogP contribution in [0.1, 0.15) is 0 Å². The molecule has 0 radical (unpaired) electrons. The van der Waals surface area contributed by atoms with Crippen LogP contribution in [0.2, 0.25) is 0 Å². The van der Waals surface area contributed by atoms with Crippen LogP contribution in [-0.2, 0) is 0 Å². The molecule has 1 rings (SSSR count). The normalized spacial score (nSPS) is 9.29. The summed E-state index contributed by atoms with van der Waals surface area (Å²) >= 11 is 3.19. The van der Waals surface area contributed by atoms with Crippen LogP contribution < -0.4 is 4.74 Å². The molecule has 0 N–H and O–H groups in total. The molecule has 0 atom stereocenters. The van der Waals surface area contributed by atoms with Gasteiger partial charge in [-0.1, -0.05) is 21.0 Å². The Hall–Kier alpha value is -1.26. The smallest absolute Gasteiger partial charge is 0.165 e. The van der Waals surface area contributed by atoms with Crippen LogP contribution in [0.5, 0.6) is 5.75 Å². The second-order valence-corrected chi connectivity index (χ2v) is 3.29. The van der Waals surface area contributed by atoms with E-state index in [1.165, 1.54) is 12.1 Å². The SMILES string of the molecule is [N-]=[N+]=NCCOc1cc(Br)ccc1F. The summed E-state index contributed by atoms with van der Waals surface area (Å²) in [6.07, 6.45) is 0. The van der Waals surface area contributed by atoms with Gasteiger partial charge in [-0.05, 0) is 23.7 Å². The minimum absolute atomic E-state index is 0.146. The van der Waals surface area contributed by atoms with E-state index in [1.54, 1.807) is 6.07 Å². The average molecular weight is 260 g/mol. The van der Waals surface area contributed by atoms with Gasteiger partial charge in [0.2, 0.25) is 0 Å². The van der Waals surface area contributed by atoms with Crippen molar-refractivity contribution in [2.75, 3.05) is 13.2 Å². The van der Waals surface area contributed by atoms with E-state index in [0.29, 0.717) is 0 Å². The molecule has 0 aliphatic heterocycles. The first-order valence-electron chi connectivity index (χ1n) is 3.83. The molecule has 0 amide bonds. The predicted molar refractivity (Wildman–Crippen MR) is 53.6 cm³/mol. The van der Waals surface area contributed by atoms with E-state index in [0.717, 1.165) is 4.47 Å². The maximum atomic E-state index is 13.0. The largest absolute Gasteiger partial charge is 0.490 e. The molecule has 74 valence electrons. The highest BCUT2D eigenvalue weighted by Gasteiger charge is 2.02. The van der Waals surface area contributed by atoms with Crippen molar-refractivity contribution in [3.05, 3.63) is 38.9 Å². The van der Waals surface area contributed by atoms with E-state index in [9.17, 15) is 4.39 Å². The van der Waals surface area contributed by atoms with E-state index in [-0.39, 0.29) is 18.9 Å². The highest BCUT2D eigenvalue weighted by molar-refractivity contribution is 9.10. The first-order chi connectivity index (χ1) is 6.74. The number of rotatable bonds is 4. The van der Waals surface area contributed by atoms with Crippen molar-refractivity contribution in [2.24, 2.45) is 5.11 Å². The Balaban J connectivity index is 2.57. The van der Waals surface area contributed by atoms with Gasteiger partial charge in [-0.25, -0.2) is 4.39 Å². The first-order valence-corrected chi connectivity index (χ1v) is 4.62. The Morgan fingerprint density at radius 2 is 2.36 bits per heavy atom. The van der Waals surface area contributed by atoms with Crippen molar-refractivity contribution >= 4 is 15.9 Å². The van der Waals surface area contributed by atoms with Crippen molar-refractivity contribution in [1.82, 2.24) is 0 Å². The van der Waals surface area contributed by atoms with Gasteiger partial charge in [-0.2, -0.15) is 0 Å². The van der Waals surface area contributed by atoms with Crippen molar-refractivity contribution in [3.8, 4) is 5.75 Å². The Morgan fingerprint density at radius 1 is 1.57 bits per heavy atom. The summed E-state index contributed by atoms with van der Waals surface area (Å²) < 4.78 is 18.8. The zero-order valence-electron chi connectivity index (χ0n) is 7.15. The molecule has 6 heteroatoms. The highest BCUT2D eigenvalue weighted by Crippen LogP contribution is 2.21. The van der Waals surface area contributed by atoms with E-state index < -0.39 is 5.82 Å². The molecule has 1 aromatic rings. The van der Waals surface area contributed by atoms with Crippen molar-refractivity contribution in [3.63, 3.8) is 0 Å². The van der Waals surface area contributed by atoms with Gasteiger partial charge in [-0.15, -0.1) is 0 Å². The van der Waals surface area contributed by atoms with Crippen molar-refractivity contribution in [2.45, 2.75) is 0 Å². The zero-order valence-corrected chi connectivity index (χ0v) is 8.74. The fourth-order valence-corrected chi connectivity index (χ4v) is 1.17. The van der Waals surface area contributed by atoms with Gasteiger partial charge in [0.1, 0.15) is 0 Å². The summed E-state index contributed by atoms with van der Waals surface area (Å²) in [5.74, 6) is -0.290. The Bertz CT molecular complexity index is 366. The highest BCUT2D eigenvalue weighted by atomic mass is 79.9. The van der Waals surface area contributed by atoms with Crippen molar-refractivity contribution < 1.29 is 9.13 Å². The molecule has 0 aliphatic rings. The summed E-state index contributed by atoms with van der Waals surface area (Å²) in [5.41, 5.74) is 7.98. The van der Waals surface area contributed by atoms with Gasteiger partial charge in [0, 0.05) is 9.38 Å². The molecule has 1 aromatic carbocycles. The molecular weight excluding hydrogens is 253 g/mol. The summed E-state index contributed by atoms with van der Waals surface area (Å²) in [5, 5.41) is 3.26. The van der Waals surface area contributed by atoms with Gasteiger partial charge in [0.05, 0.1) is 13.2 Å². The Morgan fingerprint density at radius 3 is 3.07 bits per heavy atom. The van der Waals surface area contributed by atoms with Crippen LogP contribution in [0.15, 0.2) is 27.8 Å². The van der Waals surface area contributed by atoms with Crippen LogP contribution in [-0.4, -0.2) is 13.2 Å². The molecule has 4 nitrogen and oxygen atoms in total. The fraction of sp³-hybridized carbons (Fsp3) is 0.250. The molecule has 0 aromatic heterocycles. The second kappa shape index (κ2) is 5.47. The summed E-state index contributed by atoms with van der Waals surface area (Å²) in [7, 11) is 0. The molecule has 0 aliphatic carbocycles. The first kappa shape index (κ1) is 10.8. The monoisotopic (exact) mass is 259 g/mol. The molecule has 0 unspecified atom stereocenters. The minimum Gasteiger partial charge on any atom is -0.490 e. The number of azide groups is 1. The van der Waals surface area contributed by atoms with E-state index in [1.807, 2.05) is 0 Å². The quantitative estimate of drug-likeness (QED) is 0.354. The topological polar surface area (TPSA) is 58.0 Å². The fourth-order valence-electron chi connectivity index (χ4n) is 0.829. The lowest BCUT2D eigenvalue weighted by molar-refractivity contribution is 0.311. The summed E-state index contributed by atoms with van der Waals surface area (Å²) in [4.78, 5) is 2.55. The summed E-state index contributed by atoms with van der Waals surface area (Å²) in [6.45, 7) is 0.347. The van der Waals surface area contributed by atoms with Crippen LogP contribution in [0.4, 0.5) is 4.39 Å². The molecule has 0 saturated carbocycles. The number of hydrogen-bond acceptors (Lipinski definition) is 2. The van der Waals surface area contributed by atoms with Gasteiger partial charge in [0.25, 0.3) is 0 Å². The Labute approximate surface area is 88.4 Å². The van der Waals surface area contributed by atoms with Gasteiger partial charge in [0.15, 0.2) is 11.6 Å². The standard InChI is InChI=1S/C8H7BrFN3O/c9-6-1-2-7(10)8(5-6)14-4-3-12-13-11/h1-2,5H,3-4H2. The third-order valence-corrected chi connectivity index (χ3v) is 1.90. The predicted octanol–water partition coefficient (Wildman–Crippen LogP) is 3.28. The number of hydrogen-bond donors (Lipinski definition) is 0.